The summed E-state index contributed by atoms with van der Waals surface area (Å²) in [4.78, 5) is 22.1. The van der Waals surface area contributed by atoms with Gasteiger partial charge in [-0.05, 0) is 74.8 Å². The van der Waals surface area contributed by atoms with Crippen molar-refractivity contribution in [1.82, 2.24) is 19.1 Å². The largest absolute Gasteiger partial charge is 0.494 e. The number of carbonyl (C=O) groups is 1. The number of rotatable bonds is 7. The molecule has 1 N–H and O–H groups in total. The van der Waals surface area contributed by atoms with E-state index in [1.165, 1.54) is 20.0 Å². The molecule has 2 saturated carbocycles. The number of fused-ring (bicyclic) bond motifs is 2. The molecular weight excluding hydrogens is 444 g/mol. The van der Waals surface area contributed by atoms with Crippen LogP contribution >= 0.6 is 0 Å². The number of hydrogen-bond acceptors (Lipinski definition) is 6. The maximum Gasteiger partial charge on any atom is 0.338 e. The smallest absolute Gasteiger partial charge is 0.338 e. The number of hydrogen-bond donors (Lipinski definition) is 1. The van der Waals surface area contributed by atoms with Gasteiger partial charge in [0, 0.05) is 24.7 Å². The molecule has 2 aliphatic rings. The topological polar surface area (TPSA) is 91.4 Å². The highest BCUT2D eigenvalue weighted by molar-refractivity contribution is 5.97. The second-order valence-corrected chi connectivity index (χ2v) is 10.4. The minimum absolute atomic E-state index is 0.325. The first-order valence-corrected chi connectivity index (χ1v) is 12.2. The van der Waals surface area contributed by atoms with Crippen LogP contribution in [0.4, 0.5) is 0 Å². The molecule has 1 aromatic carbocycles. The third kappa shape index (κ3) is 3.86. The van der Waals surface area contributed by atoms with Gasteiger partial charge in [-0.1, -0.05) is 0 Å². The van der Waals surface area contributed by atoms with Crippen molar-refractivity contribution in [1.29, 1.82) is 0 Å². The fourth-order valence-corrected chi connectivity index (χ4v) is 5.58. The summed E-state index contributed by atoms with van der Waals surface area (Å²) in [7, 11) is 2.98. The summed E-state index contributed by atoms with van der Waals surface area (Å²) in [5.41, 5.74) is 3.28. The van der Waals surface area contributed by atoms with E-state index < -0.39 is 11.6 Å². The monoisotopic (exact) mass is 474 g/mol. The van der Waals surface area contributed by atoms with Crippen molar-refractivity contribution in [2.24, 2.45) is 11.8 Å². The molecule has 4 aromatic rings. The molecule has 0 spiro atoms. The zero-order valence-electron chi connectivity index (χ0n) is 20.3. The van der Waals surface area contributed by atoms with Crippen molar-refractivity contribution in [3.8, 4) is 17.3 Å². The second kappa shape index (κ2) is 8.09. The van der Waals surface area contributed by atoms with Gasteiger partial charge in [-0.15, -0.1) is 0 Å². The Hall–Kier alpha value is -3.39. The van der Waals surface area contributed by atoms with Gasteiger partial charge >= 0.3 is 5.97 Å². The van der Waals surface area contributed by atoms with Crippen molar-refractivity contribution < 1.29 is 19.4 Å². The van der Waals surface area contributed by atoms with Crippen molar-refractivity contribution in [2.45, 2.75) is 51.3 Å². The van der Waals surface area contributed by atoms with E-state index in [0.717, 1.165) is 47.5 Å². The van der Waals surface area contributed by atoms with E-state index >= 15 is 0 Å². The van der Waals surface area contributed by atoms with Crippen LogP contribution in [0.2, 0.25) is 0 Å². The van der Waals surface area contributed by atoms with Gasteiger partial charge in [-0.2, -0.15) is 0 Å². The van der Waals surface area contributed by atoms with E-state index in [-0.39, 0.29) is 0 Å². The molecule has 0 unspecified atom stereocenters. The SMILES string of the molecule is COC(=O)c1cc(OC)c2c(c1)nc(-c1cc3cccnc3n1CC1CC1)n2C[C@H]1C[C@@](C)(O)C1. The van der Waals surface area contributed by atoms with Crippen molar-refractivity contribution in [2.75, 3.05) is 14.2 Å². The Morgan fingerprint density at radius 2 is 1.91 bits per heavy atom. The molecule has 2 fully saturated rings. The van der Waals surface area contributed by atoms with Crippen LogP contribution < -0.4 is 4.74 Å². The Labute approximate surface area is 203 Å². The summed E-state index contributed by atoms with van der Waals surface area (Å²) in [5, 5.41) is 11.4. The number of nitrogens with zero attached hydrogens (tertiary/aromatic N) is 4. The molecule has 0 bridgehead atoms. The molecule has 182 valence electrons. The Balaban J connectivity index is 1.57. The summed E-state index contributed by atoms with van der Waals surface area (Å²) < 4.78 is 15.2. The van der Waals surface area contributed by atoms with Crippen molar-refractivity contribution >= 4 is 28.0 Å². The van der Waals surface area contributed by atoms with E-state index in [1.807, 2.05) is 19.2 Å². The van der Waals surface area contributed by atoms with Gasteiger partial charge in [-0.3, -0.25) is 0 Å². The van der Waals surface area contributed by atoms with Gasteiger partial charge in [-0.25, -0.2) is 14.8 Å². The fourth-order valence-electron chi connectivity index (χ4n) is 5.58. The van der Waals surface area contributed by atoms with Crippen LogP contribution in [-0.4, -0.2) is 50.0 Å². The van der Waals surface area contributed by atoms with Crippen LogP contribution in [0.5, 0.6) is 5.75 Å². The molecule has 0 amide bonds. The Bertz CT molecular complexity index is 1440. The zero-order chi connectivity index (χ0) is 24.3. The number of pyridine rings is 1. The molecule has 6 rings (SSSR count). The lowest BCUT2D eigenvalue weighted by Gasteiger charge is -2.41. The van der Waals surface area contributed by atoms with Gasteiger partial charge in [0.25, 0.3) is 0 Å². The summed E-state index contributed by atoms with van der Waals surface area (Å²) in [5.74, 6) is 1.96. The molecule has 3 heterocycles. The maximum atomic E-state index is 12.3. The average molecular weight is 475 g/mol. The molecule has 8 heteroatoms. The first-order valence-electron chi connectivity index (χ1n) is 12.2. The molecule has 2 aliphatic carbocycles. The van der Waals surface area contributed by atoms with Gasteiger partial charge in [0.2, 0.25) is 0 Å². The number of ether oxygens (including phenoxy) is 2. The average Bonchev–Trinajstić information content (AvgIpc) is 3.48. The first kappa shape index (κ1) is 22.1. The van der Waals surface area contributed by atoms with Crippen LogP contribution in [0, 0.1) is 11.8 Å². The van der Waals surface area contributed by atoms with E-state index in [4.69, 9.17) is 14.5 Å². The molecule has 0 saturated heterocycles. The minimum atomic E-state index is -0.617. The normalized spacial score (nSPS) is 21.9. The number of esters is 1. The molecule has 0 aliphatic heterocycles. The summed E-state index contributed by atoms with van der Waals surface area (Å²) in [6.07, 6.45) is 5.77. The molecular formula is C27H30N4O4. The summed E-state index contributed by atoms with van der Waals surface area (Å²) in [6, 6.07) is 9.69. The van der Waals surface area contributed by atoms with E-state index in [9.17, 15) is 9.90 Å². The van der Waals surface area contributed by atoms with Gasteiger partial charge < -0.3 is 23.7 Å². The Morgan fingerprint density at radius 1 is 1.14 bits per heavy atom. The van der Waals surface area contributed by atoms with Crippen molar-refractivity contribution in [3.63, 3.8) is 0 Å². The third-order valence-electron chi connectivity index (χ3n) is 7.37. The minimum Gasteiger partial charge on any atom is -0.494 e. The lowest BCUT2D eigenvalue weighted by atomic mass is 9.72. The van der Waals surface area contributed by atoms with Gasteiger partial charge in [0.05, 0.1) is 36.6 Å². The number of aliphatic hydroxyl groups is 1. The number of carbonyl (C=O) groups excluding carboxylic acids is 1. The van der Waals surface area contributed by atoms with E-state index in [2.05, 4.69) is 26.3 Å². The van der Waals surface area contributed by atoms with Gasteiger partial charge in [0.15, 0.2) is 5.82 Å². The number of imidazole rings is 1. The Morgan fingerprint density at radius 3 is 2.60 bits per heavy atom. The quantitative estimate of drug-likeness (QED) is 0.399. The van der Waals surface area contributed by atoms with E-state index in [0.29, 0.717) is 35.2 Å². The zero-order valence-corrected chi connectivity index (χ0v) is 20.3. The third-order valence-corrected chi connectivity index (χ3v) is 7.37. The molecule has 3 aromatic heterocycles. The highest BCUT2D eigenvalue weighted by Gasteiger charge is 2.39. The van der Waals surface area contributed by atoms with Crippen LogP contribution in [0.15, 0.2) is 36.5 Å². The van der Waals surface area contributed by atoms with Crippen LogP contribution in [0.3, 0.4) is 0 Å². The van der Waals surface area contributed by atoms with Gasteiger partial charge in [0.1, 0.15) is 16.9 Å². The highest BCUT2D eigenvalue weighted by atomic mass is 16.5. The van der Waals surface area contributed by atoms with Crippen LogP contribution in [0.1, 0.15) is 43.0 Å². The first-order chi connectivity index (χ1) is 16.9. The summed E-state index contributed by atoms with van der Waals surface area (Å²) >= 11 is 0. The molecule has 35 heavy (non-hydrogen) atoms. The molecule has 8 nitrogen and oxygen atoms in total. The lowest BCUT2D eigenvalue weighted by molar-refractivity contribution is -0.0613. The lowest BCUT2D eigenvalue weighted by Crippen LogP contribution is -2.42. The van der Waals surface area contributed by atoms with Crippen molar-refractivity contribution in [3.05, 3.63) is 42.1 Å². The van der Waals surface area contributed by atoms with Crippen LogP contribution in [0.25, 0.3) is 33.6 Å². The van der Waals surface area contributed by atoms with E-state index in [1.54, 1.807) is 19.2 Å². The standard InChI is InChI=1S/C27H30N4O4/c1-27(33)12-17(13-27)15-31-23-20(9-19(26(32)35-3)11-22(23)34-2)29-25(31)21-10-18-5-4-8-28-24(18)30(21)14-16-6-7-16/h4-5,8-11,16-17,33H,6-7,12-15H2,1-3H3/t17-,27+. The number of benzene rings is 1. The molecule has 0 atom stereocenters. The highest BCUT2D eigenvalue weighted by Crippen LogP contribution is 2.42. The summed E-state index contributed by atoms with van der Waals surface area (Å²) in [6.45, 7) is 3.49. The maximum absolute atomic E-state index is 12.3. The number of methoxy groups -OCH3 is 2. The second-order valence-electron chi connectivity index (χ2n) is 10.4. The Kier molecular flexibility index (Phi) is 5.11. The van der Waals surface area contributed by atoms with Crippen LogP contribution in [-0.2, 0) is 17.8 Å². The predicted molar refractivity (Wildman–Crippen MR) is 132 cm³/mol. The molecule has 0 radical (unpaired) electrons. The number of aromatic nitrogens is 4. The predicted octanol–water partition coefficient (Wildman–Crippen LogP) is 4.42. The fraction of sp³-hybridized carbons (Fsp3) is 0.444.